The minimum absolute atomic E-state index is 0.0804. The van der Waals surface area contributed by atoms with Crippen LogP contribution in [0.15, 0.2) is 58.8 Å². The normalized spacial score (nSPS) is 16.4. The predicted octanol–water partition coefficient (Wildman–Crippen LogP) is 6.33. The molecule has 30 heavy (non-hydrogen) atoms. The molecule has 0 bridgehead atoms. The SMILES string of the molecule is Cc1nc(CSc2ccc(C(=O)N3CCCC3c3nc4ccccc4s3)cc2)cs1. The summed E-state index contributed by atoms with van der Waals surface area (Å²) in [6.45, 7) is 2.82. The predicted molar refractivity (Wildman–Crippen MR) is 125 cm³/mol. The molecule has 1 amide bonds. The number of aryl methyl sites for hydroxylation is 1. The lowest BCUT2D eigenvalue weighted by atomic mass is 10.1. The molecule has 4 aromatic rings. The van der Waals surface area contributed by atoms with Crippen molar-refractivity contribution in [2.45, 2.75) is 36.5 Å². The summed E-state index contributed by atoms with van der Waals surface area (Å²) in [4.78, 5) is 25.7. The summed E-state index contributed by atoms with van der Waals surface area (Å²) in [7, 11) is 0. The summed E-state index contributed by atoms with van der Waals surface area (Å²) in [5, 5.41) is 4.25. The fourth-order valence-corrected chi connectivity index (χ4v) is 6.41. The Labute approximate surface area is 188 Å². The van der Waals surface area contributed by atoms with Crippen molar-refractivity contribution in [3.05, 3.63) is 75.2 Å². The molecular weight excluding hydrogens is 430 g/mol. The van der Waals surface area contributed by atoms with E-state index in [0.717, 1.165) is 56.8 Å². The van der Waals surface area contributed by atoms with Crippen molar-refractivity contribution in [2.75, 3.05) is 6.54 Å². The summed E-state index contributed by atoms with van der Waals surface area (Å²) in [6, 6.07) is 16.3. The molecule has 1 aliphatic heterocycles. The molecule has 4 nitrogen and oxygen atoms in total. The van der Waals surface area contributed by atoms with E-state index in [1.165, 1.54) is 4.70 Å². The molecule has 1 atom stereocenters. The van der Waals surface area contributed by atoms with Crippen LogP contribution in [0.3, 0.4) is 0 Å². The smallest absolute Gasteiger partial charge is 0.254 e. The molecule has 5 rings (SSSR count). The molecule has 1 unspecified atom stereocenters. The number of rotatable bonds is 5. The molecule has 0 radical (unpaired) electrons. The monoisotopic (exact) mass is 451 g/mol. The maximum Gasteiger partial charge on any atom is 0.254 e. The van der Waals surface area contributed by atoms with Crippen LogP contribution in [0.5, 0.6) is 0 Å². The lowest BCUT2D eigenvalue weighted by Crippen LogP contribution is -2.30. The second-order valence-corrected chi connectivity index (χ2v) is 10.5. The second kappa shape index (κ2) is 8.49. The number of para-hydroxylation sites is 1. The van der Waals surface area contributed by atoms with Crippen LogP contribution in [-0.4, -0.2) is 27.3 Å². The maximum absolute atomic E-state index is 13.2. The quantitative estimate of drug-likeness (QED) is 0.333. The highest BCUT2D eigenvalue weighted by atomic mass is 32.2. The van der Waals surface area contributed by atoms with Gasteiger partial charge in [0.1, 0.15) is 5.01 Å². The number of fused-ring (bicyclic) bond motifs is 1. The Kier molecular flexibility index (Phi) is 5.58. The number of likely N-dealkylation sites (tertiary alicyclic amines) is 1. The molecule has 7 heteroatoms. The Hall–Kier alpha value is -2.22. The Bertz CT molecular complexity index is 1150. The van der Waals surface area contributed by atoms with Gasteiger partial charge in [-0.3, -0.25) is 4.79 Å². The minimum Gasteiger partial charge on any atom is -0.329 e. The number of aromatic nitrogens is 2. The highest BCUT2D eigenvalue weighted by Crippen LogP contribution is 2.37. The summed E-state index contributed by atoms with van der Waals surface area (Å²) in [5.41, 5.74) is 2.88. The molecule has 1 fully saturated rings. The van der Waals surface area contributed by atoms with E-state index in [1.807, 2.05) is 54.3 Å². The van der Waals surface area contributed by atoms with Gasteiger partial charge in [-0.25, -0.2) is 9.97 Å². The largest absolute Gasteiger partial charge is 0.329 e. The molecule has 0 saturated carbocycles. The number of hydrogen-bond acceptors (Lipinski definition) is 6. The number of hydrogen-bond donors (Lipinski definition) is 0. The van der Waals surface area contributed by atoms with Crippen LogP contribution < -0.4 is 0 Å². The number of nitrogens with zero attached hydrogens (tertiary/aromatic N) is 3. The van der Waals surface area contributed by atoms with E-state index in [0.29, 0.717) is 0 Å². The van der Waals surface area contributed by atoms with E-state index in [1.54, 1.807) is 34.4 Å². The van der Waals surface area contributed by atoms with Crippen LogP contribution in [0, 0.1) is 6.92 Å². The molecule has 152 valence electrons. The van der Waals surface area contributed by atoms with Gasteiger partial charge in [0, 0.05) is 28.1 Å². The van der Waals surface area contributed by atoms with Crippen LogP contribution in [0.1, 0.15) is 45.0 Å². The van der Waals surface area contributed by atoms with Crippen molar-refractivity contribution in [1.82, 2.24) is 14.9 Å². The number of amides is 1. The van der Waals surface area contributed by atoms with Gasteiger partial charge in [0.15, 0.2) is 0 Å². The lowest BCUT2D eigenvalue weighted by Gasteiger charge is -2.23. The van der Waals surface area contributed by atoms with Gasteiger partial charge in [0.25, 0.3) is 5.91 Å². The van der Waals surface area contributed by atoms with E-state index in [2.05, 4.69) is 16.4 Å². The summed E-state index contributed by atoms with van der Waals surface area (Å²) in [5.74, 6) is 0.951. The van der Waals surface area contributed by atoms with E-state index in [-0.39, 0.29) is 11.9 Å². The Morgan fingerprint density at radius 1 is 1.17 bits per heavy atom. The van der Waals surface area contributed by atoms with E-state index in [9.17, 15) is 4.79 Å². The number of thioether (sulfide) groups is 1. The van der Waals surface area contributed by atoms with E-state index < -0.39 is 0 Å². The summed E-state index contributed by atoms with van der Waals surface area (Å²) in [6.07, 6.45) is 2.00. The molecule has 2 aromatic heterocycles. The number of thiazole rings is 2. The zero-order chi connectivity index (χ0) is 20.5. The van der Waals surface area contributed by atoms with Crippen LogP contribution in [0.2, 0.25) is 0 Å². The molecular formula is C23H21N3OS3. The zero-order valence-corrected chi connectivity index (χ0v) is 19.0. The van der Waals surface area contributed by atoms with Crippen LogP contribution in [0.4, 0.5) is 0 Å². The molecule has 1 aliphatic rings. The molecule has 1 saturated heterocycles. The lowest BCUT2D eigenvalue weighted by molar-refractivity contribution is 0.0735. The Morgan fingerprint density at radius 3 is 2.77 bits per heavy atom. The first-order valence-electron chi connectivity index (χ1n) is 9.98. The van der Waals surface area contributed by atoms with Gasteiger partial charge in [-0.1, -0.05) is 12.1 Å². The highest BCUT2D eigenvalue weighted by Gasteiger charge is 2.32. The van der Waals surface area contributed by atoms with E-state index in [4.69, 9.17) is 4.98 Å². The van der Waals surface area contributed by atoms with Crippen molar-refractivity contribution >= 4 is 50.6 Å². The average Bonchev–Trinajstić information content (AvgIpc) is 3.50. The Morgan fingerprint density at radius 2 is 2.00 bits per heavy atom. The first kappa shape index (κ1) is 19.7. The minimum atomic E-state index is 0.0804. The van der Waals surface area contributed by atoms with E-state index >= 15 is 0 Å². The van der Waals surface area contributed by atoms with Crippen LogP contribution >= 0.6 is 34.4 Å². The molecule has 2 aromatic carbocycles. The highest BCUT2D eigenvalue weighted by molar-refractivity contribution is 7.98. The van der Waals surface area contributed by atoms with Gasteiger partial charge >= 0.3 is 0 Å². The molecule has 3 heterocycles. The third-order valence-electron chi connectivity index (χ3n) is 5.26. The first-order valence-corrected chi connectivity index (χ1v) is 12.7. The molecule has 0 aliphatic carbocycles. The second-order valence-electron chi connectivity index (χ2n) is 7.35. The number of benzene rings is 2. The summed E-state index contributed by atoms with van der Waals surface area (Å²) >= 11 is 5.14. The van der Waals surface area contributed by atoms with Gasteiger partial charge in [0.2, 0.25) is 0 Å². The molecule has 0 N–H and O–H groups in total. The van der Waals surface area contributed by atoms with Crippen molar-refractivity contribution in [1.29, 1.82) is 0 Å². The van der Waals surface area contributed by atoms with Gasteiger partial charge in [-0.15, -0.1) is 34.4 Å². The van der Waals surface area contributed by atoms with Crippen molar-refractivity contribution < 1.29 is 4.79 Å². The van der Waals surface area contributed by atoms with Gasteiger partial charge in [0.05, 0.1) is 27.0 Å². The zero-order valence-electron chi connectivity index (χ0n) is 16.6. The van der Waals surface area contributed by atoms with Crippen molar-refractivity contribution in [3.8, 4) is 0 Å². The number of carbonyl (C=O) groups excluding carboxylic acids is 1. The Balaban J connectivity index is 1.29. The van der Waals surface area contributed by atoms with Gasteiger partial charge in [-0.2, -0.15) is 0 Å². The van der Waals surface area contributed by atoms with Crippen molar-refractivity contribution in [2.24, 2.45) is 0 Å². The average molecular weight is 452 g/mol. The summed E-state index contributed by atoms with van der Waals surface area (Å²) < 4.78 is 1.18. The van der Waals surface area contributed by atoms with Crippen LogP contribution in [-0.2, 0) is 5.75 Å². The topological polar surface area (TPSA) is 46.1 Å². The standard InChI is InChI=1S/C23H21N3OS3/c1-15-24-17(13-28-15)14-29-18-10-8-16(9-11-18)23(27)26-12-4-6-20(26)22-25-19-5-2-3-7-21(19)30-22/h2-3,5,7-11,13,20H,4,6,12,14H2,1H3. The third-order valence-corrected chi connectivity index (χ3v) is 8.27. The fourth-order valence-electron chi connectivity index (χ4n) is 3.79. The maximum atomic E-state index is 13.2. The van der Waals surface area contributed by atoms with Gasteiger partial charge in [-0.05, 0) is 56.2 Å². The van der Waals surface area contributed by atoms with Gasteiger partial charge < -0.3 is 4.90 Å². The first-order chi connectivity index (χ1) is 14.7. The van der Waals surface area contributed by atoms with Crippen molar-refractivity contribution in [3.63, 3.8) is 0 Å². The fraction of sp³-hybridized carbons (Fsp3) is 0.261. The third kappa shape index (κ3) is 4.02. The molecule has 0 spiro atoms. The number of carbonyl (C=O) groups is 1. The van der Waals surface area contributed by atoms with Crippen LogP contribution in [0.25, 0.3) is 10.2 Å².